The Bertz CT molecular complexity index is 1400. The molecule has 4 rings (SSSR count). The summed E-state index contributed by atoms with van der Waals surface area (Å²) >= 11 is 51.2. The van der Waals surface area contributed by atoms with Gasteiger partial charge >= 0.3 is 0 Å². The Labute approximate surface area is 301 Å². The van der Waals surface area contributed by atoms with Gasteiger partial charge in [0.1, 0.15) is 0 Å². The SMILES string of the molecule is NC(BCCCCCCBC(N)(c1ccc(Cl)cc1Cl)c1ccc(Cl)cc1Cl)(c1ccc(Cl)cc1Cl)c1ccc(Cl)cc1Cl. The van der Waals surface area contributed by atoms with Crippen LogP contribution in [0.2, 0.25) is 52.8 Å². The fourth-order valence-electron chi connectivity index (χ4n) is 5.75. The van der Waals surface area contributed by atoms with Crippen LogP contribution in [-0.4, -0.2) is 14.6 Å². The lowest BCUT2D eigenvalue weighted by atomic mass is 9.50. The van der Waals surface area contributed by atoms with Crippen LogP contribution in [0.25, 0.3) is 0 Å². The highest BCUT2D eigenvalue weighted by atomic mass is 35.5. The van der Waals surface area contributed by atoms with E-state index in [2.05, 4.69) is 0 Å². The van der Waals surface area contributed by atoms with Gasteiger partial charge in [0.05, 0.1) is 0 Å². The minimum absolute atomic E-state index is 0.498. The summed E-state index contributed by atoms with van der Waals surface area (Å²) in [6.45, 7) is 0. The first-order valence-corrected chi connectivity index (χ1v) is 17.3. The average Bonchev–Trinajstić information content (AvgIpc) is 2.94. The molecule has 0 atom stereocenters. The van der Waals surface area contributed by atoms with Crippen molar-refractivity contribution in [3.63, 3.8) is 0 Å². The summed E-state index contributed by atoms with van der Waals surface area (Å²) < 4.78 is 0. The maximum absolute atomic E-state index is 7.10. The lowest BCUT2D eigenvalue weighted by Crippen LogP contribution is -2.44. The number of unbranched alkanes of at least 4 members (excludes halogenated alkanes) is 3. The fourth-order valence-corrected chi connectivity index (χ4v) is 8.06. The summed E-state index contributed by atoms with van der Waals surface area (Å²) in [7, 11) is 1.29. The number of benzene rings is 4. The Kier molecular flexibility index (Phi) is 13.0. The van der Waals surface area contributed by atoms with Gasteiger partial charge in [0, 0.05) is 51.1 Å². The van der Waals surface area contributed by atoms with Gasteiger partial charge in [0.2, 0.25) is 0 Å². The van der Waals surface area contributed by atoms with Crippen LogP contribution in [0.5, 0.6) is 0 Å². The molecule has 0 aliphatic heterocycles. The maximum atomic E-state index is 7.10. The predicted molar refractivity (Wildman–Crippen MR) is 198 cm³/mol. The minimum Gasteiger partial charge on any atom is -0.324 e. The van der Waals surface area contributed by atoms with Crippen LogP contribution >= 0.6 is 92.8 Å². The van der Waals surface area contributed by atoms with Crippen molar-refractivity contribution in [1.29, 1.82) is 0 Å². The quantitative estimate of drug-likeness (QED) is 0.106. The average molecular weight is 748 g/mol. The Morgan fingerprint density at radius 2 is 0.659 bits per heavy atom. The van der Waals surface area contributed by atoms with Crippen molar-refractivity contribution in [1.82, 2.24) is 0 Å². The molecule has 44 heavy (non-hydrogen) atoms. The van der Waals surface area contributed by atoms with Crippen molar-refractivity contribution in [3.05, 3.63) is 135 Å². The molecule has 4 aromatic carbocycles. The third-order valence-corrected chi connectivity index (χ3v) is 10.2. The van der Waals surface area contributed by atoms with Gasteiger partial charge < -0.3 is 11.5 Å². The van der Waals surface area contributed by atoms with E-state index in [-0.39, 0.29) is 0 Å². The Morgan fingerprint density at radius 1 is 0.409 bits per heavy atom. The number of nitrogens with two attached hydrogens (primary N) is 2. The molecule has 4 aromatic rings. The zero-order chi connectivity index (χ0) is 32.1. The lowest BCUT2D eigenvalue weighted by molar-refractivity contribution is 0.677. The molecule has 0 bridgehead atoms. The first-order chi connectivity index (χ1) is 20.8. The molecule has 4 N–H and O–H groups in total. The van der Waals surface area contributed by atoms with Gasteiger partial charge in [-0.2, -0.15) is 0 Å². The van der Waals surface area contributed by atoms with E-state index in [9.17, 15) is 0 Å². The molecular formula is C32H30B2Cl8N2. The summed E-state index contributed by atoms with van der Waals surface area (Å²) in [5.74, 6) is 0. The Balaban J connectivity index is 1.39. The lowest BCUT2D eigenvalue weighted by Gasteiger charge is -2.32. The van der Waals surface area contributed by atoms with E-state index in [0.29, 0.717) is 54.7 Å². The molecule has 0 unspecified atom stereocenters. The molecule has 2 nitrogen and oxygen atoms in total. The van der Waals surface area contributed by atoms with Crippen LogP contribution in [0.1, 0.15) is 47.9 Å². The van der Waals surface area contributed by atoms with E-state index >= 15 is 0 Å². The van der Waals surface area contributed by atoms with Gasteiger partial charge in [-0.1, -0.05) is 155 Å². The second-order valence-electron chi connectivity index (χ2n) is 11.1. The van der Waals surface area contributed by atoms with Crippen molar-refractivity contribution >= 4 is 107 Å². The molecule has 0 aromatic heterocycles. The van der Waals surface area contributed by atoms with Gasteiger partial charge in [0.25, 0.3) is 0 Å². The van der Waals surface area contributed by atoms with Gasteiger partial charge in [-0.3, -0.25) is 0 Å². The van der Waals surface area contributed by atoms with Crippen LogP contribution in [0.3, 0.4) is 0 Å². The van der Waals surface area contributed by atoms with Crippen LogP contribution < -0.4 is 11.5 Å². The van der Waals surface area contributed by atoms with Crippen LogP contribution in [0.15, 0.2) is 72.8 Å². The molecule has 0 heterocycles. The van der Waals surface area contributed by atoms with E-state index in [0.717, 1.165) is 60.6 Å². The molecule has 0 spiro atoms. The van der Waals surface area contributed by atoms with E-state index < -0.39 is 10.9 Å². The minimum atomic E-state index is -0.905. The summed E-state index contributed by atoms with van der Waals surface area (Å²) in [5, 5.41) is 4.16. The molecule has 0 radical (unpaired) electrons. The van der Waals surface area contributed by atoms with E-state index in [1.54, 1.807) is 48.5 Å². The summed E-state index contributed by atoms with van der Waals surface area (Å²) in [6.07, 6.45) is 5.76. The Morgan fingerprint density at radius 3 is 0.886 bits per heavy atom. The van der Waals surface area contributed by atoms with E-state index in [1.165, 1.54) is 0 Å². The zero-order valence-corrected chi connectivity index (χ0v) is 29.8. The number of rotatable bonds is 13. The molecule has 0 aliphatic rings. The van der Waals surface area contributed by atoms with Gasteiger partial charge in [-0.15, -0.1) is 0 Å². The number of halogens is 8. The van der Waals surface area contributed by atoms with Crippen molar-refractivity contribution in [3.8, 4) is 0 Å². The first-order valence-electron chi connectivity index (χ1n) is 14.2. The summed E-state index contributed by atoms with van der Waals surface area (Å²) in [5.41, 5.74) is 15.5. The molecule has 0 saturated heterocycles. The summed E-state index contributed by atoms with van der Waals surface area (Å²) in [6, 6.07) is 21.5. The highest BCUT2D eigenvalue weighted by molar-refractivity contribution is 6.45. The molecular weight excluding hydrogens is 718 g/mol. The fraction of sp³-hybridized carbons (Fsp3) is 0.250. The number of hydrogen-bond acceptors (Lipinski definition) is 2. The third-order valence-electron chi connectivity index (χ3n) is 8.04. The third kappa shape index (κ3) is 8.58. The normalized spacial score (nSPS) is 12.0. The van der Waals surface area contributed by atoms with Crippen LogP contribution in [0, 0.1) is 0 Å². The topological polar surface area (TPSA) is 52.0 Å². The van der Waals surface area contributed by atoms with Crippen molar-refractivity contribution in [2.24, 2.45) is 11.5 Å². The van der Waals surface area contributed by atoms with Gasteiger partial charge in [-0.05, 0) is 70.8 Å². The Hall–Kier alpha value is -0.750. The number of hydrogen-bond donors (Lipinski definition) is 2. The maximum Gasteiger partial charge on any atom is 0.157 e. The summed E-state index contributed by atoms with van der Waals surface area (Å²) in [4.78, 5) is 0. The van der Waals surface area contributed by atoms with Crippen molar-refractivity contribution in [2.45, 2.75) is 49.2 Å². The second-order valence-corrected chi connectivity index (χ2v) is 14.4. The predicted octanol–water partition coefficient (Wildman–Crippen LogP) is 11.2. The molecule has 0 fully saturated rings. The van der Waals surface area contributed by atoms with Crippen molar-refractivity contribution < 1.29 is 0 Å². The van der Waals surface area contributed by atoms with E-state index in [1.807, 2.05) is 24.3 Å². The molecule has 0 amide bonds. The monoisotopic (exact) mass is 744 g/mol. The van der Waals surface area contributed by atoms with Crippen LogP contribution in [0.4, 0.5) is 0 Å². The van der Waals surface area contributed by atoms with Crippen LogP contribution in [-0.2, 0) is 10.9 Å². The second kappa shape index (κ2) is 15.9. The highest BCUT2D eigenvalue weighted by Crippen LogP contribution is 2.40. The highest BCUT2D eigenvalue weighted by Gasteiger charge is 2.35. The first kappa shape index (κ1) is 36.1. The van der Waals surface area contributed by atoms with Crippen molar-refractivity contribution in [2.75, 3.05) is 0 Å². The largest absolute Gasteiger partial charge is 0.324 e. The molecule has 230 valence electrons. The molecule has 0 saturated carbocycles. The molecule has 12 heteroatoms. The molecule has 0 aliphatic carbocycles. The van der Waals surface area contributed by atoms with E-state index in [4.69, 9.17) is 104 Å². The van der Waals surface area contributed by atoms with Gasteiger partial charge in [0.15, 0.2) is 14.6 Å². The van der Waals surface area contributed by atoms with Gasteiger partial charge in [-0.25, -0.2) is 0 Å². The zero-order valence-electron chi connectivity index (χ0n) is 23.8. The standard InChI is InChI=1S/C32H30B2Cl8N2/c35-19-5-9-23(27(39)15-19)31(43,24-10-6-20(36)16-28(24)40)33-13-3-1-2-4-14-34-32(44,25-11-7-21(37)17-29(25)41)26-12-8-22(38)18-30(26)42/h5-12,15-18,33-34H,1-4,13-14,43-44H2. The smallest absolute Gasteiger partial charge is 0.157 e.